The lowest BCUT2D eigenvalue weighted by atomic mass is 10.2. The molecular formula is C14H16FN3O3S. The van der Waals surface area contributed by atoms with E-state index in [2.05, 4.69) is 9.97 Å². The Kier molecular flexibility index (Phi) is 3.98. The average molecular weight is 325 g/mol. The Balaban J connectivity index is 1.99. The van der Waals surface area contributed by atoms with E-state index in [-0.39, 0.29) is 18.0 Å². The smallest absolute Gasteiger partial charge is 0.244 e. The van der Waals surface area contributed by atoms with E-state index < -0.39 is 21.9 Å². The van der Waals surface area contributed by atoms with Gasteiger partial charge in [0.25, 0.3) is 0 Å². The van der Waals surface area contributed by atoms with E-state index >= 15 is 0 Å². The molecule has 0 amide bonds. The molecule has 3 rings (SSSR count). The second-order valence-corrected chi connectivity index (χ2v) is 7.01. The SMILES string of the molecule is Cc1cnc([C@H]2COCCN2S(=O)(=O)c2cccc(F)c2)[nH]1. The van der Waals surface area contributed by atoms with Gasteiger partial charge in [-0.25, -0.2) is 17.8 Å². The molecule has 2 heterocycles. The second-order valence-electron chi connectivity index (χ2n) is 5.12. The summed E-state index contributed by atoms with van der Waals surface area (Å²) >= 11 is 0. The van der Waals surface area contributed by atoms with Crippen molar-refractivity contribution >= 4 is 10.0 Å². The van der Waals surface area contributed by atoms with E-state index in [4.69, 9.17) is 4.74 Å². The molecule has 1 aliphatic rings. The van der Waals surface area contributed by atoms with Crippen LogP contribution in [0.4, 0.5) is 4.39 Å². The highest BCUT2D eigenvalue weighted by molar-refractivity contribution is 7.89. The Bertz CT molecular complexity index is 775. The highest BCUT2D eigenvalue weighted by atomic mass is 32.2. The molecule has 1 fully saturated rings. The van der Waals surface area contributed by atoms with Crippen LogP contribution in [0.3, 0.4) is 0 Å². The van der Waals surface area contributed by atoms with Crippen LogP contribution >= 0.6 is 0 Å². The van der Waals surface area contributed by atoms with Crippen LogP contribution in [0.2, 0.25) is 0 Å². The number of aromatic nitrogens is 2. The van der Waals surface area contributed by atoms with E-state index in [9.17, 15) is 12.8 Å². The molecule has 22 heavy (non-hydrogen) atoms. The number of nitrogens with zero attached hydrogens (tertiary/aromatic N) is 2. The van der Waals surface area contributed by atoms with Crippen LogP contribution in [0.1, 0.15) is 17.6 Å². The van der Waals surface area contributed by atoms with Gasteiger partial charge in [-0.2, -0.15) is 4.31 Å². The quantitative estimate of drug-likeness (QED) is 0.930. The first-order valence-corrected chi connectivity index (χ1v) is 8.29. The van der Waals surface area contributed by atoms with Crippen LogP contribution in [0.5, 0.6) is 0 Å². The zero-order chi connectivity index (χ0) is 15.7. The first-order valence-electron chi connectivity index (χ1n) is 6.85. The predicted octanol–water partition coefficient (Wildman–Crippen LogP) is 1.62. The minimum absolute atomic E-state index is 0.0670. The van der Waals surface area contributed by atoms with E-state index in [1.807, 2.05) is 6.92 Å². The summed E-state index contributed by atoms with van der Waals surface area (Å²) in [5, 5.41) is 0. The van der Waals surface area contributed by atoms with Gasteiger partial charge in [0.15, 0.2) is 0 Å². The fourth-order valence-electron chi connectivity index (χ4n) is 2.46. The topological polar surface area (TPSA) is 75.3 Å². The van der Waals surface area contributed by atoms with Crippen LogP contribution in [0.25, 0.3) is 0 Å². The number of nitrogens with one attached hydrogen (secondary N) is 1. The Morgan fingerprint density at radius 3 is 2.95 bits per heavy atom. The van der Waals surface area contributed by atoms with Crippen molar-refractivity contribution in [3.8, 4) is 0 Å². The fraction of sp³-hybridized carbons (Fsp3) is 0.357. The number of hydrogen-bond donors (Lipinski definition) is 1. The average Bonchev–Trinajstić information content (AvgIpc) is 2.94. The molecule has 0 unspecified atom stereocenters. The first kappa shape index (κ1) is 15.1. The number of sulfonamides is 1. The van der Waals surface area contributed by atoms with Crippen molar-refractivity contribution in [3.05, 3.63) is 47.8 Å². The molecule has 1 saturated heterocycles. The normalized spacial score (nSPS) is 20.2. The van der Waals surface area contributed by atoms with Gasteiger partial charge in [0.2, 0.25) is 10.0 Å². The number of morpholine rings is 1. The number of ether oxygens (including phenoxy) is 1. The summed E-state index contributed by atoms with van der Waals surface area (Å²) in [7, 11) is -3.82. The van der Waals surface area contributed by atoms with Crippen molar-refractivity contribution in [2.24, 2.45) is 0 Å². The number of H-pyrrole nitrogens is 1. The molecule has 6 nitrogen and oxygen atoms in total. The highest BCUT2D eigenvalue weighted by Gasteiger charge is 2.36. The molecule has 0 aliphatic carbocycles. The largest absolute Gasteiger partial charge is 0.378 e. The Morgan fingerprint density at radius 1 is 1.45 bits per heavy atom. The molecule has 2 aromatic rings. The number of imidazole rings is 1. The van der Waals surface area contributed by atoms with E-state index in [0.29, 0.717) is 12.4 Å². The molecule has 118 valence electrons. The summed E-state index contributed by atoms with van der Waals surface area (Å²) in [6.45, 7) is 2.54. The summed E-state index contributed by atoms with van der Waals surface area (Å²) in [5.41, 5.74) is 0.837. The zero-order valence-corrected chi connectivity index (χ0v) is 12.8. The first-order chi connectivity index (χ1) is 10.5. The van der Waals surface area contributed by atoms with Crippen molar-refractivity contribution in [2.75, 3.05) is 19.8 Å². The summed E-state index contributed by atoms with van der Waals surface area (Å²) < 4.78 is 45.6. The lowest BCUT2D eigenvalue weighted by molar-refractivity contribution is 0.0292. The molecule has 1 aromatic heterocycles. The van der Waals surface area contributed by atoms with Gasteiger partial charge in [-0.1, -0.05) is 6.07 Å². The fourth-order valence-corrected chi connectivity index (χ4v) is 4.05. The Morgan fingerprint density at radius 2 is 2.27 bits per heavy atom. The van der Waals surface area contributed by atoms with Gasteiger partial charge in [0.05, 0.1) is 18.1 Å². The Labute approximate surface area is 128 Å². The molecule has 0 saturated carbocycles. The van der Waals surface area contributed by atoms with Crippen molar-refractivity contribution < 1.29 is 17.5 Å². The lowest BCUT2D eigenvalue weighted by Gasteiger charge is -2.33. The van der Waals surface area contributed by atoms with Crippen LogP contribution in [0, 0.1) is 12.7 Å². The van der Waals surface area contributed by atoms with Gasteiger partial charge in [0, 0.05) is 18.4 Å². The standard InChI is InChI=1S/C14H16FN3O3S/c1-10-8-16-14(17-10)13-9-21-6-5-18(13)22(19,20)12-4-2-3-11(15)7-12/h2-4,7-8,13H,5-6,9H2,1H3,(H,16,17)/t13-/m1/s1. The van der Waals surface area contributed by atoms with Crippen LogP contribution in [-0.2, 0) is 14.8 Å². The van der Waals surface area contributed by atoms with Crippen molar-refractivity contribution in [2.45, 2.75) is 17.9 Å². The van der Waals surface area contributed by atoms with E-state index in [1.54, 1.807) is 6.20 Å². The van der Waals surface area contributed by atoms with Crippen LogP contribution in [0.15, 0.2) is 35.4 Å². The lowest BCUT2D eigenvalue weighted by Crippen LogP contribution is -2.43. The maximum Gasteiger partial charge on any atom is 0.244 e. The number of benzene rings is 1. The van der Waals surface area contributed by atoms with Crippen LogP contribution < -0.4 is 0 Å². The summed E-state index contributed by atoms with van der Waals surface area (Å²) in [4.78, 5) is 7.17. The summed E-state index contributed by atoms with van der Waals surface area (Å²) in [5.74, 6) is -0.0584. The summed E-state index contributed by atoms with van der Waals surface area (Å²) in [6, 6.07) is 4.46. The zero-order valence-electron chi connectivity index (χ0n) is 12.0. The van der Waals surface area contributed by atoms with Gasteiger partial charge in [-0.05, 0) is 25.1 Å². The van der Waals surface area contributed by atoms with Gasteiger partial charge in [0.1, 0.15) is 17.7 Å². The van der Waals surface area contributed by atoms with Crippen molar-refractivity contribution in [1.82, 2.24) is 14.3 Å². The van der Waals surface area contributed by atoms with E-state index in [1.165, 1.54) is 22.5 Å². The molecule has 1 aromatic carbocycles. The predicted molar refractivity (Wildman–Crippen MR) is 77.2 cm³/mol. The molecule has 0 bridgehead atoms. The molecule has 1 N–H and O–H groups in total. The van der Waals surface area contributed by atoms with E-state index in [0.717, 1.165) is 11.8 Å². The molecule has 1 aliphatic heterocycles. The number of halogens is 1. The van der Waals surface area contributed by atoms with Gasteiger partial charge >= 0.3 is 0 Å². The third-order valence-electron chi connectivity index (χ3n) is 3.52. The third kappa shape index (κ3) is 2.77. The van der Waals surface area contributed by atoms with Crippen molar-refractivity contribution in [3.63, 3.8) is 0 Å². The number of rotatable bonds is 3. The molecular weight excluding hydrogens is 309 g/mol. The molecule has 0 radical (unpaired) electrons. The number of aryl methyl sites for hydroxylation is 1. The third-order valence-corrected chi connectivity index (χ3v) is 5.42. The van der Waals surface area contributed by atoms with Gasteiger partial charge in [-0.3, -0.25) is 0 Å². The maximum absolute atomic E-state index is 13.4. The summed E-state index contributed by atoms with van der Waals surface area (Å²) in [6.07, 6.45) is 1.64. The minimum Gasteiger partial charge on any atom is -0.378 e. The second kappa shape index (κ2) is 5.79. The minimum atomic E-state index is -3.82. The van der Waals surface area contributed by atoms with Gasteiger partial charge in [-0.15, -0.1) is 0 Å². The number of hydrogen-bond acceptors (Lipinski definition) is 4. The maximum atomic E-state index is 13.4. The Hall–Kier alpha value is -1.77. The highest BCUT2D eigenvalue weighted by Crippen LogP contribution is 2.29. The molecule has 1 atom stereocenters. The molecule has 8 heteroatoms. The molecule has 0 spiro atoms. The monoisotopic (exact) mass is 325 g/mol. The van der Waals surface area contributed by atoms with Crippen molar-refractivity contribution in [1.29, 1.82) is 0 Å². The number of aromatic amines is 1. The van der Waals surface area contributed by atoms with Gasteiger partial charge < -0.3 is 9.72 Å². The van der Waals surface area contributed by atoms with Crippen LogP contribution in [-0.4, -0.2) is 42.4 Å².